The van der Waals surface area contributed by atoms with Crippen molar-refractivity contribution in [2.45, 2.75) is 39.3 Å². The van der Waals surface area contributed by atoms with Crippen molar-refractivity contribution in [1.29, 1.82) is 0 Å². The third kappa shape index (κ3) is 3.20. The molecule has 0 aliphatic rings. The second-order valence-electron chi connectivity index (χ2n) is 4.54. The fourth-order valence-electron chi connectivity index (χ4n) is 2.12. The molecular formula is C14H19NOS. The Bertz CT molecular complexity index is 446. The lowest BCUT2D eigenvalue weighted by Crippen LogP contribution is -2.30. The summed E-state index contributed by atoms with van der Waals surface area (Å²) in [6.45, 7) is 6.58. The van der Waals surface area contributed by atoms with Crippen molar-refractivity contribution in [3.05, 3.63) is 46.0 Å². The maximum atomic E-state index is 5.36. The molecule has 2 unspecified atom stereocenters. The Morgan fingerprint density at radius 1 is 1.35 bits per heavy atom. The van der Waals surface area contributed by atoms with E-state index in [2.05, 4.69) is 37.5 Å². The van der Waals surface area contributed by atoms with E-state index in [0.29, 0.717) is 12.1 Å². The Balaban J connectivity index is 1.90. The van der Waals surface area contributed by atoms with Crippen LogP contribution >= 0.6 is 11.3 Å². The van der Waals surface area contributed by atoms with Gasteiger partial charge >= 0.3 is 0 Å². The summed E-state index contributed by atoms with van der Waals surface area (Å²) in [6, 6.07) is 6.96. The van der Waals surface area contributed by atoms with E-state index in [-0.39, 0.29) is 0 Å². The standard InChI is InChI=1S/C14H19NOS/c1-10-6-8-17-14(10)12(3)15-11(2)9-13-5-4-7-16-13/h4-8,11-12,15H,9H2,1-3H3. The molecule has 0 aliphatic carbocycles. The minimum absolute atomic E-state index is 0.403. The maximum absolute atomic E-state index is 5.36. The summed E-state index contributed by atoms with van der Waals surface area (Å²) >= 11 is 1.82. The van der Waals surface area contributed by atoms with E-state index in [9.17, 15) is 0 Å². The van der Waals surface area contributed by atoms with Gasteiger partial charge in [0.05, 0.1) is 6.26 Å². The number of nitrogens with one attached hydrogen (secondary N) is 1. The van der Waals surface area contributed by atoms with E-state index >= 15 is 0 Å². The van der Waals surface area contributed by atoms with Crippen molar-refractivity contribution in [3.63, 3.8) is 0 Å². The summed E-state index contributed by atoms with van der Waals surface area (Å²) < 4.78 is 5.36. The molecule has 3 heteroatoms. The molecule has 2 nitrogen and oxygen atoms in total. The number of aryl methyl sites for hydroxylation is 1. The van der Waals surface area contributed by atoms with Crippen LogP contribution in [0.15, 0.2) is 34.3 Å². The molecule has 2 aromatic rings. The van der Waals surface area contributed by atoms with Gasteiger partial charge in [-0.15, -0.1) is 11.3 Å². The van der Waals surface area contributed by atoms with Gasteiger partial charge in [0.15, 0.2) is 0 Å². The molecule has 0 bridgehead atoms. The molecule has 0 saturated heterocycles. The second-order valence-corrected chi connectivity index (χ2v) is 5.49. The van der Waals surface area contributed by atoms with Crippen LogP contribution in [0.1, 0.15) is 36.1 Å². The number of rotatable bonds is 5. The van der Waals surface area contributed by atoms with Gasteiger partial charge in [0.2, 0.25) is 0 Å². The molecule has 2 heterocycles. The lowest BCUT2D eigenvalue weighted by atomic mass is 10.1. The number of hydrogen-bond donors (Lipinski definition) is 1. The van der Waals surface area contributed by atoms with Crippen LogP contribution in [0.5, 0.6) is 0 Å². The average molecular weight is 249 g/mol. The lowest BCUT2D eigenvalue weighted by molar-refractivity contribution is 0.431. The van der Waals surface area contributed by atoms with Gasteiger partial charge in [-0.1, -0.05) is 0 Å². The first-order chi connectivity index (χ1) is 8.16. The van der Waals surface area contributed by atoms with E-state index in [0.717, 1.165) is 12.2 Å². The predicted molar refractivity (Wildman–Crippen MR) is 72.5 cm³/mol. The summed E-state index contributed by atoms with van der Waals surface area (Å²) in [7, 11) is 0. The van der Waals surface area contributed by atoms with Crippen molar-refractivity contribution in [2.75, 3.05) is 0 Å². The summed E-state index contributed by atoms with van der Waals surface area (Å²) in [6.07, 6.45) is 2.66. The zero-order valence-corrected chi connectivity index (χ0v) is 11.4. The molecule has 17 heavy (non-hydrogen) atoms. The molecule has 1 N–H and O–H groups in total. The van der Waals surface area contributed by atoms with Gasteiger partial charge in [0.1, 0.15) is 5.76 Å². The largest absolute Gasteiger partial charge is 0.469 e. The molecule has 0 saturated carbocycles. The molecule has 0 fully saturated rings. The average Bonchev–Trinajstić information content (AvgIpc) is 2.88. The minimum atomic E-state index is 0.403. The lowest BCUT2D eigenvalue weighted by Gasteiger charge is -2.19. The van der Waals surface area contributed by atoms with Gasteiger partial charge in [-0.2, -0.15) is 0 Å². The Hall–Kier alpha value is -1.06. The molecule has 0 aromatic carbocycles. The summed E-state index contributed by atoms with van der Waals surface area (Å²) in [5, 5.41) is 5.76. The molecular weight excluding hydrogens is 230 g/mol. The molecule has 2 rings (SSSR count). The maximum Gasteiger partial charge on any atom is 0.105 e. The SMILES string of the molecule is Cc1ccsc1C(C)NC(C)Cc1ccco1. The van der Waals surface area contributed by atoms with E-state index < -0.39 is 0 Å². The summed E-state index contributed by atoms with van der Waals surface area (Å²) in [5.41, 5.74) is 1.38. The van der Waals surface area contributed by atoms with Crippen molar-refractivity contribution in [1.82, 2.24) is 5.32 Å². The quantitative estimate of drug-likeness (QED) is 0.868. The Labute approximate surface area is 107 Å². The predicted octanol–water partition coefficient (Wildman–Crippen LogP) is 3.93. The Morgan fingerprint density at radius 2 is 2.18 bits per heavy atom. The highest BCUT2D eigenvalue weighted by atomic mass is 32.1. The van der Waals surface area contributed by atoms with Gasteiger partial charge < -0.3 is 9.73 Å². The van der Waals surface area contributed by atoms with Gasteiger partial charge in [-0.3, -0.25) is 0 Å². The molecule has 0 radical (unpaired) electrons. The smallest absolute Gasteiger partial charge is 0.105 e. The fourth-order valence-corrected chi connectivity index (χ4v) is 3.06. The van der Waals surface area contributed by atoms with Gasteiger partial charge in [0, 0.05) is 23.4 Å². The molecule has 0 amide bonds. The number of hydrogen-bond acceptors (Lipinski definition) is 3. The van der Waals surface area contributed by atoms with Crippen LogP contribution in [0.3, 0.4) is 0 Å². The third-order valence-electron chi connectivity index (χ3n) is 2.92. The second kappa shape index (κ2) is 5.52. The van der Waals surface area contributed by atoms with Crippen molar-refractivity contribution >= 4 is 11.3 Å². The monoisotopic (exact) mass is 249 g/mol. The Kier molecular flexibility index (Phi) is 4.02. The van der Waals surface area contributed by atoms with Crippen molar-refractivity contribution in [3.8, 4) is 0 Å². The van der Waals surface area contributed by atoms with Crippen LogP contribution in [0.2, 0.25) is 0 Å². The first kappa shape index (κ1) is 12.4. The zero-order chi connectivity index (χ0) is 12.3. The first-order valence-corrected chi connectivity index (χ1v) is 6.87. The molecule has 2 aromatic heterocycles. The highest BCUT2D eigenvalue weighted by Crippen LogP contribution is 2.24. The van der Waals surface area contributed by atoms with Crippen molar-refractivity contribution < 1.29 is 4.42 Å². The highest BCUT2D eigenvalue weighted by molar-refractivity contribution is 7.10. The van der Waals surface area contributed by atoms with E-state index in [1.54, 1.807) is 6.26 Å². The molecule has 0 aliphatic heterocycles. The minimum Gasteiger partial charge on any atom is -0.469 e. The van der Waals surface area contributed by atoms with Gasteiger partial charge in [-0.25, -0.2) is 0 Å². The number of thiophene rings is 1. The highest BCUT2D eigenvalue weighted by Gasteiger charge is 2.13. The zero-order valence-electron chi connectivity index (χ0n) is 10.6. The van der Waals surface area contributed by atoms with Crippen LogP contribution in [0.25, 0.3) is 0 Å². The van der Waals surface area contributed by atoms with Crippen LogP contribution in [0, 0.1) is 6.92 Å². The number of furan rings is 1. The van der Waals surface area contributed by atoms with Crippen LogP contribution in [0.4, 0.5) is 0 Å². The molecule has 92 valence electrons. The van der Waals surface area contributed by atoms with Gasteiger partial charge in [-0.05, 0) is 49.9 Å². The first-order valence-electron chi connectivity index (χ1n) is 5.99. The summed E-state index contributed by atoms with van der Waals surface area (Å²) in [5.74, 6) is 1.04. The molecule has 0 spiro atoms. The van der Waals surface area contributed by atoms with E-state index in [1.807, 2.05) is 23.5 Å². The Morgan fingerprint density at radius 3 is 2.76 bits per heavy atom. The van der Waals surface area contributed by atoms with Crippen LogP contribution in [-0.4, -0.2) is 6.04 Å². The van der Waals surface area contributed by atoms with E-state index in [1.165, 1.54) is 10.4 Å². The summed E-state index contributed by atoms with van der Waals surface area (Å²) in [4.78, 5) is 1.43. The van der Waals surface area contributed by atoms with E-state index in [4.69, 9.17) is 4.42 Å². The normalized spacial score (nSPS) is 14.8. The van der Waals surface area contributed by atoms with Crippen LogP contribution < -0.4 is 5.32 Å². The third-order valence-corrected chi connectivity index (χ3v) is 4.12. The fraction of sp³-hybridized carbons (Fsp3) is 0.429. The van der Waals surface area contributed by atoms with Gasteiger partial charge in [0.25, 0.3) is 0 Å². The topological polar surface area (TPSA) is 25.2 Å². The van der Waals surface area contributed by atoms with Crippen LogP contribution in [-0.2, 0) is 6.42 Å². The van der Waals surface area contributed by atoms with Crippen molar-refractivity contribution in [2.24, 2.45) is 0 Å². The molecule has 2 atom stereocenters.